The van der Waals surface area contributed by atoms with E-state index >= 15 is 0 Å². The number of carboxylic acids is 1. The SMILES string of the molecule is CNC(C)Cc1ccc(C(C(=O)NCCCCC(=O)O)N2C(=O)C=CC2=O)cc1. The van der Waals surface area contributed by atoms with Gasteiger partial charge in [-0.15, -0.1) is 0 Å². The van der Waals surface area contributed by atoms with Crippen molar-refractivity contribution in [3.8, 4) is 0 Å². The number of carboxylic acid groups (broad SMARTS) is 1. The summed E-state index contributed by atoms with van der Waals surface area (Å²) in [6.45, 7) is 2.33. The summed E-state index contributed by atoms with van der Waals surface area (Å²) in [6.07, 6.45) is 4.06. The Labute approximate surface area is 170 Å². The molecule has 1 heterocycles. The minimum atomic E-state index is -1.07. The molecule has 2 unspecified atom stereocenters. The second-order valence-electron chi connectivity index (χ2n) is 7.06. The lowest BCUT2D eigenvalue weighted by molar-refractivity contribution is -0.145. The van der Waals surface area contributed by atoms with E-state index in [0.717, 1.165) is 29.0 Å². The van der Waals surface area contributed by atoms with Crippen molar-refractivity contribution in [2.24, 2.45) is 0 Å². The van der Waals surface area contributed by atoms with Crippen molar-refractivity contribution in [2.75, 3.05) is 13.6 Å². The van der Waals surface area contributed by atoms with Crippen molar-refractivity contribution in [1.82, 2.24) is 15.5 Å². The molecule has 1 aromatic rings. The standard InChI is InChI=1S/C21H27N3O5/c1-14(22-2)13-15-6-8-16(9-7-15)20(24-17(25)10-11-18(24)26)21(29)23-12-4-3-5-19(27)28/h6-11,14,20,22H,3-5,12-13H2,1-2H3,(H,23,29)(H,27,28). The van der Waals surface area contributed by atoms with Crippen molar-refractivity contribution in [2.45, 2.75) is 44.7 Å². The van der Waals surface area contributed by atoms with Crippen LogP contribution in [0.1, 0.15) is 43.4 Å². The van der Waals surface area contributed by atoms with Gasteiger partial charge in [0.25, 0.3) is 11.8 Å². The van der Waals surface area contributed by atoms with Gasteiger partial charge in [-0.3, -0.25) is 24.1 Å². The van der Waals surface area contributed by atoms with E-state index in [2.05, 4.69) is 17.6 Å². The fourth-order valence-electron chi connectivity index (χ4n) is 3.09. The van der Waals surface area contributed by atoms with Gasteiger partial charge in [-0.05, 0) is 44.4 Å². The predicted octanol–water partition coefficient (Wildman–Crippen LogP) is 1.17. The number of nitrogens with zero attached hydrogens (tertiary/aromatic N) is 1. The zero-order valence-corrected chi connectivity index (χ0v) is 16.7. The van der Waals surface area contributed by atoms with Crippen LogP contribution in [0.4, 0.5) is 0 Å². The molecular weight excluding hydrogens is 374 g/mol. The number of likely N-dealkylation sites (N-methyl/N-ethyl adjacent to an activating group) is 1. The Morgan fingerprint density at radius 1 is 1.07 bits per heavy atom. The quantitative estimate of drug-likeness (QED) is 0.379. The van der Waals surface area contributed by atoms with Crippen molar-refractivity contribution in [3.05, 3.63) is 47.5 Å². The lowest BCUT2D eigenvalue weighted by atomic mass is 10.00. The first-order valence-corrected chi connectivity index (χ1v) is 9.64. The van der Waals surface area contributed by atoms with E-state index < -0.39 is 29.7 Å². The minimum Gasteiger partial charge on any atom is -0.481 e. The van der Waals surface area contributed by atoms with E-state index in [1.807, 2.05) is 19.2 Å². The number of imide groups is 1. The first-order valence-electron chi connectivity index (χ1n) is 9.64. The van der Waals surface area contributed by atoms with Gasteiger partial charge in [-0.2, -0.15) is 0 Å². The van der Waals surface area contributed by atoms with Crippen molar-refractivity contribution in [3.63, 3.8) is 0 Å². The highest BCUT2D eigenvalue weighted by molar-refractivity contribution is 6.15. The van der Waals surface area contributed by atoms with Crippen LogP contribution < -0.4 is 10.6 Å². The molecule has 0 spiro atoms. The largest absolute Gasteiger partial charge is 0.481 e. The molecule has 0 bridgehead atoms. The van der Waals surface area contributed by atoms with Crippen LogP contribution in [0.2, 0.25) is 0 Å². The third-order valence-corrected chi connectivity index (χ3v) is 4.80. The third-order valence-electron chi connectivity index (χ3n) is 4.80. The molecule has 8 heteroatoms. The molecule has 0 aliphatic carbocycles. The van der Waals surface area contributed by atoms with Crippen LogP contribution >= 0.6 is 0 Å². The zero-order valence-electron chi connectivity index (χ0n) is 16.7. The Morgan fingerprint density at radius 3 is 2.24 bits per heavy atom. The molecule has 2 rings (SSSR count). The molecule has 0 saturated carbocycles. The Kier molecular flexibility index (Phi) is 8.09. The number of nitrogens with one attached hydrogen (secondary N) is 2. The molecule has 1 aliphatic heterocycles. The summed E-state index contributed by atoms with van der Waals surface area (Å²) < 4.78 is 0. The van der Waals surface area contributed by atoms with Gasteiger partial charge in [0.15, 0.2) is 0 Å². The van der Waals surface area contributed by atoms with Gasteiger partial charge in [0, 0.05) is 31.2 Å². The summed E-state index contributed by atoms with van der Waals surface area (Å²) in [4.78, 5) is 48.7. The van der Waals surface area contributed by atoms with Gasteiger partial charge in [-0.25, -0.2) is 0 Å². The maximum Gasteiger partial charge on any atom is 0.303 e. The van der Waals surface area contributed by atoms with Crippen LogP contribution in [-0.2, 0) is 25.6 Å². The number of benzene rings is 1. The Morgan fingerprint density at radius 2 is 1.69 bits per heavy atom. The number of unbranched alkanes of at least 4 members (excludes halogenated alkanes) is 1. The molecule has 29 heavy (non-hydrogen) atoms. The predicted molar refractivity (Wildman–Crippen MR) is 107 cm³/mol. The highest BCUT2D eigenvalue weighted by atomic mass is 16.4. The molecule has 0 fully saturated rings. The molecule has 156 valence electrons. The number of carbonyl (C=O) groups excluding carboxylic acids is 3. The first kappa shape index (κ1) is 22.3. The highest BCUT2D eigenvalue weighted by Gasteiger charge is 2.36. The third kappa shape index (κ3) is 6.25. The van der Waals surface area contributed by atoms with E-state index in [4.69, 9.17) is 5.11 Å². The molecule has 0 radical (unpaired) electrons. The van der Waals surface area contributed by atoms with E-state index in [-0.39, 0.29) is 19.0 Å². The van der Waals surface area contributed by atoms with Crippen LogP contribution in [0.3, 0.4) is 0 Å². The maximum atomic E-state index is 12.8. The lowest BCUT2D eigenvalue weighted by Crippen LogP contribution is -2.43. The number of aliphatic carboxylic acids is 1. The molecule has 1 aliphatic rings. The number of rotatable bonds is 11. The number of hydrogen-bond acceptors (Lipinski definition) is 5. The lowest BCUT2D eigenvalue weighted by Gasteiger charge is -2.26. The van der Waals surface area contributed by atoms with Gasteiger partial charge in [-0.1, -0.05) is 24.3 Å². The average Bonchev–Trinajstić information content (AvgIpc) is 3.01. The number of hydrogen-bond donors (Lipinski definition) is 3. The summed E-state index contributed by atoms with van der Waals surface area (Å²) in [6, 6.07) is 6.50. The molecule has 0 saturated heterocycles. The minimum absolute atomic E-state index is 0.0266. The second kappa shape index (κ2) is 10.5. The van der Waals surface area contributed by atoms with Crippen LogP contribution in [-0.4, -0.2) is 53.3 Å². The van der Waals surface area contributed by atoms with Gasteiger partial charge in [0.05, 0.1) is 0 Å². The molecular formula is C21H27N3O5. The summed E-state index contributed by atoms with van der Waals surface area (Å²) in [5.74, 6) is -2.42. The number of carbonyl (C=O) groups is 4. The van der Waals surface area contributed by atoms with Crippen molar-refractivity contribution in [1.29, 1.82) is 0 Å². The van der Waals surface area contributed by atoms with Crippen LogP contribution in [0, 0.1) is 0 Å². The van der Waals surface area contributed by atoms with Crippen molar-refractivity contribution >= 4 is 23.7 Å². The fraction of sp³-hybridized carbons (Fsp3) is 0.429. The smallest absolute Gasteiger partial charge is 0.303 e. The topological polar surface area (TPSA) is 116 Å². The normalized spacial score (nSPS) is 15.4. The highest BCUT2D eigenvalue weighted by Crippen LogP contribution is 2.25. The summed E-state index contributed by atoms with van der Waals surface area (Å²) in [5, 5.41) is 14.5. The van der Waals surface area contributed by atoms with E-state index in [1.165, 1.54) is 0 Å². The molecule has 8 nitrogen and oxygen atoms in total. The zero-order chi connectivity index (χ0) is 21.4. The summed E-state index contributed by atoms with van der Waals surface area (Å²) in [7, 11) is 1.88. The Hall–Kier alpha value is -3.00. The molecule has 0 aromatic heterocycles. The maximum absolute atomic E-state index is 12.8. The first-order chi connectivity index (χ1) is 13.8. The van der Waals surface area contributed by atoms with Gasteiger partial charge < -0.3 is 15.7 Å². The average molecular weight is 401 g/mol. The van der Waals surface area contributed by atoms with E-state index in [9.17, 15) is 19.2 Å². The Balaban J connectivity index is 2.13. The second-order valence-corrected chi connectivity index (χ2v) is 7.06. The molecule has 1 aromatic carbocycles. The van der Waals surface area contributed by atoms with Crippen LogP contribution in [0.5, 0.6) is 0 Å². The van der Waals surface area contributed by atoms with Gasteiger partial charge in [0.2, 0.25) is 5.91 Å². The fourth-order valence-corrected chi connectivity index (χ4v) is 3.09. The number of amides is 3. The van der Waals surface area contributed by atoms with Gasteiger partial charge in [0.1, 0.15) is 6.04 Å². The molecule has 3 amide bonds. The van der Waals surface area contributed by atoms with Crippen LogP contribution in [0.25, 0.3) is 0 Å². The summed E-state index contributed by atoms with van der Waals surface area (Å²) in [5.41, 5.74) is 1.61. The Bertz CT molecular complexity index is 770. The molecule has 3 N–H and O–H groups in total. The molecule has 2 atom stereocenters. The van der Waals surface area contributed by atoms with Crippen molar-refractivity contribution < 1.29 is 24.3 Å². The van der Waals surface area contributed by atoms with Gasteiger partial charge >= 0.3 is 5.97 Å². The summed E-state index contributed by atoms with van der Waals surface area (Å²) >= 11 is 0. The monoisotopic (exact) mass is 401 g/mol. The van der Waals surface area contributed by atoms with Crippen LogP contribution in [0.15, 0.2) is 36.4 Å². The van der Waals surface area contributed by atoms with E-state index in [0.29, 0.717) is 18.4 Å². The van der Waals surface area contributed by atoms with E-state index in [1.54, 1.807) is 12.1 Å².